The van der Waals surface area contributed by atoms with Crippen LogP contribution < -0.4 is 14.9 Å². The zero-order valence-corrected chi connectivity index (χ0v) is 20.9. The van der Waals surface area contributed by atoms with E-state index in [0.29, 0.717) is 28.3 Å². The van der Waals surface area contributed by atoms with Crippen LogP contribution in [0.1, 0.15) is 32.0 Å². The molecule has 0 aliphatic carbocycles. The standard InChI is InChI=1S/C31H25N3O4/c1-20-15-16-26-25(17-20)28(21-9-4-3-5-10-21)29(33-26)30(35)34-32-19-23-11-6-7-14-27(23)38-31(36)22-12-8-13-24(18-22)37-2/h3-19,33H,1-2H3,(H,34,35). The zero-order chi connectivity index (χ0) is 26.5. The molecule has 0 aliphatic rings. The second-order valence-electron chi connectivity index (χ2n) is 8.65. The van der Waals surface area contributed by atoms with Crippen molar-refractivity contribution in [2.45, 2.75) is 6.92 Å². The third kappa shape index (κ3) is 5.17. The van der Waals surface area contributed by atoms with Crippen LogP contribution >= 0.6 is 0 Å². The topological polar surface area (TPSA) is 92.8 Å². The first-order chi connectivity index (χ1) is 18.5. The molecule has 0 unspecified atom stereocenters. The molecule has 1 amide bonds. The van der Waals surface area contributed by atoms with Gasteiger partial charge in [-0.25, -0.2) is 10.2 Å². The Labute approximate surface area is 219 Å². The van der Waals surface area contributed by atoms with E-state index in [0.717, 1.165) is 27.6 Å². The highest BCUT2D eigenvalue weighted by atomic mass is 16.5. The van der Waals surface area contributed by atoms with Gasteiger partial charge in [0, 0.05) is 22.0 Å². The molecule has 7 heteroatoms. The normalized spacial score (nSPS) is 11.0. The molecule has 1 aromatic heterocycles. The molecule has 0 saturated heterocycles. The number of ether oxygens (including phenoxy) is 2. The van der Waals surface area contributed by atoms with E-state index in [4.69, 9.17) is 9.47 Å². The van der Waals surface area contributed by atoms with Gasteiger partial charge in [-0.3, -0.25) is 4.79 Å². The van der Waals surface area contributed by atoms with Gasteiger partial charge >= 0.3 is 5.97 Å². The fourth-order valence-electron chi connectivity index (χ4n) is 4.19. The van der Waals surface area contributed by atoms with Gasteiger partial charge in [0.25, 0.3) is 5.91 Å². The number of amides is 1. The molecule has 0 fully saturated rings. The van der Waals surface area contributed by atoms with Gasteiger partial charge in [-0.15, -0.1) is 0 Å². The highest BCUT2D eigenvalue weighted by Crippen LogP contribution is 2.33. The van der Waals surface area contributed by atoms with Crippen molar-refractivity contribution in [3.63, 3.8) is 0 Å². The molecule has 4 aromatic carbocycles. The van der Waals surface area contributed by atoms with Gasteiger partial charge in [0.05, 0.1) is 18.9 Å². The summed E-state index contributed by atoms with van der Waals surface area (Å²) in [6.07, 6.45) is 1.45. The Bertz CT molecular complexity index is 1650. The Morgan fingerprint density at radius 1 is 0.895 bits per heavy atom. The first-order valence-corrected chi connectivity index (χ1v) is 12.0. The minimum absolute atomic E-state index is 0.310. The number of rotatable bonds is 7. The van der Waals surface area contributed by atoms with Gasteiger partial charge < -0.3 is 14.5 Å². The van der Waals surface area contributed by atoms with Crippen LogP contribution in [0.3, 0.4) is 0 Å². The van der Waals surface area contributed by atoms with Crippen LogP contribution in [0.15, 0.2) is 102 Å². The third-order valence-electron chi connectivity index (χ3n) is 6.04. The Balaban J connectivity index is 1.38. The van der Waals surface area contributed by atoms with Crippen molar-refractivity contribution in [2.24, 2.45) is 5.10 Å². The number of aromatic nitrogens is 1. The van der Waals surface area contributed by atoms with E-state index in [1.807, 2.05) is 49.4 Å². The maximum absolute atomic E-state index is 13.2. The molecule has 0 aliphatic heterocycles. The molecule has 38 heavy (non-hydrogen) atoms. The Morgan fingerprint density at radius 3 is 2.50 bits per heavy atom. The minimum atomic E-state index is -0.533. The highest BCUT2D eigenvalue weighted by molar-refractivity contribution is 6.10. The van der Waals surface area contributed by atoms with E-state index < -0.39 is 5.97 Å². The van der Waals surface area contributed by atoms with Gasteiger partial charge in [-0.1, -0.05) is 60.2 Å². The Morgan fingerprint density at radius 2 is 1.68 bits per heavy atom. The first kappa shape index (κ1) is 24.5. The third-order valence-corrected chi connectivity index (χ3v) is 6.04. The zero-order valence-electron chi connectivity index (χ0n) is 20.9. The van der Waals surface area contributed by atoms with E-state index >= 15 is 0 Å². The molecule has 0 saturated carbocycles. The molecule has 188 valence electrons. The van der Waals surface area contributed by atoms with Crippen molar-refractivity contribution in [1.82, 2.24) is 10.4 Å². The van der Waals surface area contributed by atoms with Crippen LogP contribution in [0, 0.1) is 6.92 Å². The number of aromatic amines is 1. The average molecular weight is 504 g/mol. The van der Waals surface area contributed by atoms with E-state index in [1.54, 1.807) is 48.5 Å². The van der Waals surface area contributed by atoms with Crippen LogP contribution in [0.25, 0.3) is 22.0 Å². The predicted molar refractivity (Wildman–Crippen MR) is 148 cm³/mol. The van der Waals surface area contributed by atoms with E-state index in [-0.39, 0.29) is 5.91 Å². The van der Waals surface area contributed by atoms with E-state index in [1.165, 1.54) is 13.3 Å². The molecule has 7 nitrogen and oxygen atoms in total. The van der Waals surface area contributed by atoms with Crippen molar-refractivity contribution in [3.8, 4) is 22.6 Å². The number of methoxy groups -OCH3 is 1. The highest BCUT2D eigenvalue weighted by Gasteiger charge is 2.19. The number of carbonyl (C=O) groups is 2. The van der Waals surface area contributed by atoms with Crippen molar-refractivity contribution < 1.29 is 19.1 Å². The Hall–Kier alpha value is -5.17. The average Bonchev–Trinajstić information content (AvgIpc) is 3.33. The molecule has 2 N–H and O–H groups in total. The van der Waals surface area contributed by atoms with Gasteiger partial charge in [0.2, 0.25) is 0 Å². The Kier molecular flexibility index (Phi) is 6.99. The number of nitrogens with one attached hydrogen (secondary N) is 2. The summed E-state index contributed by atoms with van der Waals surface area (Å²) in [5.41, 5.74) is 7.58. The van der Waals surface area contributed by atoms with E-state index in [9.17, 15) is 9.59 Å². The van der Waals surface area contributed by atoms with Gasteiger partial charge in [0.15, 0.2) is 0 Å². The molecule has 1 heterocycles. The second-order valence-corrected chi connectivity index (χ2v) is 8.65. The number of fused-ring (bicyclic) bond motifs is 1. The van der Waals surface area contributed by atoms with Crippen molar-refractivity contribution in [2.75, 3.05) is 7.11 Å². The van der Waals surface area contributed by atoms with E-state index in [2.05, 4.69) is 21.6 Å². The summed E-state index contributed by atoms with van der Waals surface area (Å²) in [6.45, 7) is 2.02. The van der Waals surface area contributed by atoms with Gasteiger partial charge in [-0.2, -0.15) is 5.10 Å². The number of hydrogen-bond donors (Lipinski definition) is 2. The second kappa shape index (κ2) is 10.8. The summed E-state index contributed by atoms with van der Waals surface area (Å²) in [5.74, 6) is -0.0575. The van der Waals surface area contributed by atoms with Crippen molar-refractivity contribution in [3.05, 3.63) is 119 Å². The molecular formula is C31H25N3O4. The molecule has 0 spiro atoms. The minimum Gasteiger partial charge on any atom is -0.497 e. The maximum Gasteiger partial charge on any atom is 0.343 e. The van der Waals surface area contributed by atoms with Crippen molar-refractivity contribution >= 4 is 29.0 Å². The number of carbonyl (C=O) groups excluding carboxylic acids is 2. The smallest absolute Gasteiger partial charge is 0.343 e. The number of esters is 1. The summed E-state index contributed by atoms with van der Waals surface area (Å²) in [5, 5.41) is 5.11. The maximum atomic E-state index is 13.2. The number of hydrogen-bond acceptors (Lipinski definition) is 5. The number of para-hydroxylation sites is 1. The number of nitrogens with zero attached hydrogens (tertiary/aromatic N) is 1. The summed E-state index contributed by atoms with van der Waals surface area (Å²) >= 11 is 0. The number of benzene rings is 4. The van der Waals surface area contributed by atoms with Gasteiger partial charge in [0.1, 0.15) is 17.2 Å². The summed E-state index contributed by atoms with van der Waals surface area (Å²) in [6, 6.07) is 29.4. The number of H-pyrrole nitrogens is 1. The van der Waals surface area contributed by atoms with Gasteiger partial charge in [-0.05, 0) is 55.0 Å². The molecule has 0 bridgehead atoms. The van der Waals surface area contributed by atoms with Crippen LogP contribution in [0.2, 0.25) is 0 Å². The molecule has 0 radical (unpaired) electrons. The lowest BCUT2D eigenvalue weighted by molar-refractivity contribution is 0.0733. The summed E-state index contributed by atoms with van der Waals surface area (Å²) in [7, 11) is 1.53. The number of aryl methyl sites for hydroxylation is 1. The first-order valence-electron chi connectivity index (χ1n) is 12.0. The van der Waals surface area contributed by atoms with Crippen LogP contribution in [0.4, 0.5) is 0 Å². The van der Waals surface area contributed by atoms with Crippen LogP contribution in [0.5, 0.6) is 11.5 Å². The monoisotopic (exact) mass is 503 g/mol. The van der Waals surface area contributed by atoms with Crippen LogP contribution in [-0.4, -0.2) is 30.2 Å². The molecule has 5 aromatic rings. The van der Waals surface area contributed by atoms with Crippen LogP contribution in [-0.2, 0) is 0 Å². The molecule has 0 atom stereocenters. The lowest BCUT2D eigenvalue weighted by atomic mass is 10.0. The predicted octanol–water partition coefficient (Wildman–Crippen LogP) is 6.14. The largest absolute Gasteiger partial charge is 0.497 e. The summed E-state index contributed by atoms with van der Waals surface area (Å²) in [4.78, 5) is 29.2. The SMILES string of the molecule is COc1cccc(C(=O)Oc2ccccc2C=NNC(=O)c2[nH]c3ccc(C)cc3c2-c2ccccc2)c1. The fourth-order valence-corrected chi connectivity index (χ4v) is 4.19. The molecular weight excluding hydrogens is 478 g/mol. The summed E-state index contributed by atoms with van der Waals surface area (Å²) < 4.78 is 10.8. The fraction of sp³-hybridized carbons (Fsp3) is 0.0645. The lowest BCUT2D eigenvalue weighted by Gasteiger charge is -2.08. The lowest BCUT2D eigenvalue weighted by Crippen LogP contribution is -2.19. The number of hydrazone groups is 1. The van der Waals surface area contributed by atoms with Crippen molar-refractivity contribution in [1.29, 1.82) is 0 Å². The quantitative estimate of drug-likeness (QED) is 0.121. The molecule has 5 rings (SSSR count).